The number of aliphatic imine (C=N–C) groups is 1. The summed E-state index contributed by atoms with van der Waals surface area (Å²) >= 11 is 0. The van der Waals surface area contributed by atoms with E-state index in [1.54, 1.807) is 0 Å². The second-order valence-electron chi connectivity index (χ2n) is 2.14. The molecule has 0 saturated heterocycles. The van der Waals surface area contributed by atoms with Crippen molar-refractivity contribution in [3.63, 3.8) is 0 Å². The number of nitrogens with zero attached hydrogens (tertiary/aromatic N) is 1. The van der Waals surface area contributed by atoms with Crippen molar-refractivity contribution >= 4 is 5.71 Å². The highest BCUT2D eigenvalue weighted by atomic mass is 14.7. The molecular formula is C6H11N. The van der Waals surface area contributed by atoms with Crippen molar-refractivity contribution in [2.75, 3.05) is 7.05 Å². The first-order valence-electron chi connectivity index (χ1n) is 2.78. The van der Waals surface area contributed by atoms with E-state index in [2.05, 4.69) is 11.9 Å². The Kier molecular flexibility index (Phi) is 1.13. The third-order valence-corrected chi connectivity index (χ3v) is 1.52. The van der Waals surface area contributed by atoms with Gasteiger partial charge >= 0.3 is 0 Å². The van der Waals surface area contributed by atoms with Gasteiger partial charge in [0.25, 0.3) is 0 Å². The lowest BCUT2D eigenvalue weighted by atomic mass is 10.3. The standard InChI is InChI=1S/C6H11N/c1-5(7-2)6-3-4-6/h6H,3-4H2,1-2H3/b7-5+. The van der Waals surface area contributed by atoms with Gasteiger partial charge in [0.15, 0.2) is 0 Å². The number of rotatable bonds is 1. The molecule has 0 unspecified atom stereocenters. The molecule has 1 heteroatoms. The molecule has 1 rings (SSSR count). The van der Waals surface area contributed by atoms with Crippen LogP contribution in [0.4, 0.5) is 0 Å². The Morgan fingerprint density at radius 2 is 2.14 bits per heavy atom. The molecule has 0 atom stereocenters. The zero-order valence-electron chi connectivity index (χ0n) is 4.94. The summed E-state index contributed by atoms with van der Waals surface area (Å²) in [5.41, 5.74) is 1.33. The van der Waals surface area contributed by atoms with Crippen molar-refractivity contribution in [1.29, 1.82) is 0 Å². The lowest BCUT2D eigenvalue weighted by Crippen LogP contribution is -1.90. The maximum absolute atomic E-state index is 4.07. The molecule has 0 radical (unpaired) electrons. The van der Waals surface area contributed by atoms with Crippen LogP contribution < -0.4 is 0 Å². The molecule has 0 aromatic rings. The van der Waals surface area contributed by atoms with Crippen molar-refractivity contribution in [3.8, 4) is 0 Å². The van der Waals surface area contributed by atoms with E-state index in [0.29, 0.717) is 0 Å². The van der Waals surface area contributed by atoms with Crippen LogP contribution in [-0.2, 0) is 0 Å². The quantitative estimate of drug-likeness (QED) is 0.439. The van der Waals surface area contributed by atoms with Crippen molar-refractivity contribution in [2.45, 2.75) is 19.8 Å². The first kappa shape index (κ1) is 4.82. The average molecular weight is 97.2 g/mol. The zero-order valence-corrected chi connectivity index (χ0v) is 4.94. The monoisotopic (exact) mass is 97.1 g/mol. The summed E-state index contributed by atoms with van der Waals surface area (Å²) in [5, 5.41) is 0. The fourth-order valence-corrected chi connectivity index (χ4v) is 0.684. The summed E-state index contributed by atoms with van der Waals surface area (Å²) in [7, 11) is 1.87. The van der Waals surface area contributed by atoms with Gasteiger partial charge < -0.3 is 0 Å². The first-order valence-corrected chi connectivity index (χ1v) is 2.78. The minimum atomic E-state index is 0.866. The van der Waals surface area contributed by atoms with E-state index < -0.39 is 0 Å². The van der Waals surface area contributed by atoms with Crippen LogP contribution in [0.3, 0.4) is 0 Å². The van der Waals surface area contributed by atoms with Crippen LogP contribution in [0, 0.1) is 5.92 Å². The van der Waals surface area contributed by atoms with Crippen molar-refractivity contribution in [3.05, 3.63) is 0 Å². The molecule has 1 fully saturated rings. The van der Waals surface area contributed by atoms with E-state index in [-0.39, 0.29) is 0 Å². The summed E-state index contributed by atoms with van der Waals surface area (Å²) < 4.78 is 0. The van der Waals surface area contributed by atoms with E-state index in [0.717, 1.165) is 5.92 Å². The highest BCUT2D eigenvalue weighted by Crippen LogP contribution is 2.29. The molecule has 7 heavy (non-hydrogen) atoms. The molecule has 0 spiro atoms. The molecule has 0 aliphatic heterocycles. The SMILES string of the molecule is C/N=C(\C)C1CC1. The molecule has 1 aliphatic carbocycles. The molecule has 0 heterocycles. The van der Waals surface area contributed by atoms with Gasteiger partial charge in [-0.3, -0.25) is 4.99 Å². The highest BCUT2D eigenvalue weighted by Gasteiger charge is 2.23. The predicted molar refractivity (Wildman–Crippen MR) is 31.8 cm³/mol. The normalized spacial score (nSPS) is 22.9. The Balaban J connectivity index is 2.37. The molecule has 0 aromatic heterocycles. The Bertz CT molecular complexity index is 90.4. The molecule has 0 amide bonds. The fraction of sp³-hybridized carbons (Fsp3) is 0.833. The Labute approximate surface area is 44.5 Å². The van der Waals surface area contributed by atoms with Gasteiger partial charge in [0, 0.05) is 12.8 Å². The topological polar surface area (TPSA) is 12.4 Å². The molecule has 1 nitrogen and oxygen atoms in total. The molecule has 0 aromatic carbocycles. The van der Waals surface area contributed by atoms with Crippen molar-refractivity contribution in [2.24, 2.45) is 10.9 Å². The van der Waals surface area contributed by atoms with Crippen LogP contribution >= 0.6 is 0 Å². The lowest BCUT2D eigenvalue weighted by molar-refractivity contribution is 1.15. The molecule has 1 saturated carbocycles. The van der Waals surface area contributed by atoms with Crippen LogP contribution in [0.2, 0.25) is 0 Å². The lowest BCUT2D eigenvalue weighted by Gasteiger charge is -1.87. The van der Waals surface area contributed by atoms with Crippen LogP contribution in [0.5, 0.6) is 0 Å². The van der Waals surface area contributed by atoms with Crippen LogP contribution in [0.1, 0.15) is 19.8 Å². The Morgan fingerprint density at radius 3 is 2.29 bits per heavy atom. The number of hydrogen-bond donors (Lipinski definition) is 0. The maximum Gasteiger partial charge on any atom is 0.0276 e. The smallest absolute Gasteiger partial charge is 0.0276 e. The largest absolute Gasteiger partial charge is 0.297 e. The van der Waals surface area contributed by atoms with Crippen LogP contribution in [0.15, 0.2) is 4.99 Å². The maximum atomic E-state index is 4.07. The van der Waals surface area contributed by atoms with Gasteiger partial charge in [-0.25, -0.2) is 0 Å². The Morgan fingerprint density at radius 1 is 1.57 bits per heavy atom. The second-order valence-corrected chi connectivity index (χ2v) is 2.14. The van der Waals surface area contributed by atoms with E-state index in [1.165, 1.54) is 18.6 Å². The van der Waals surface area contributed by atoms with Gasteiger partial charge in [0.1, 0.15) is 0 Å². The highest BCUT2D eigenvalue weighted by molar-refractivity contribution is 5.86. The van der Waals surface area contributed by atoms with Crippen molar-refractivity contribution < 1.29 is 0 Å². The van der Waals surface area contributed by atoms with Gasteiger partial charge in [0.2, 0.25) is 0 Å². The van der Waals surface area contributed by atoms with Crippen molar-refractivity contribution in [1.82, 2.24) is 0 Å². The summed E-state index contributed by atoms with van der Waals surface area (Å²) in [5.74, 6) is 0.866. The summed E-state index contributed by atoms with van der Waals surface area (Å²) in [6, 6.07) is 0. The van der Waals surface area contributed by atoms with Gasteiger partial charge in [0.05, 0.1) is 0 Å². The molecule has 0 bridgehead atoms. The summed E-state index contributed by atoms with van der Waals surface area (Å²) in [6.45, 7) is 2.11. The number of hydrogen-bond acceptors (Lipinski definition) is 1. The Hall–Kier alpha value is -0.330. The van der Waals surface area contributed by atoms with E-state index >= 15 is 0 Å². The average Bonchev–Trinajstić information content (AvgIpc) is 2.44. The summed E-state index contributed by atoms with van der Waals surface area (Å²) in [6.07, 6.45) is 2.76. The molecule has 0 N–H and O–H groups in total. The second kappa shape index (κ2) is 1.65. The summed E-state index contributed by atoms with van der Waals surface area (Å²) in [4.78, 5) is 4.07. The molecule has 40 valence electrons. The fourth-order valence-electron chi connectivity index (χ4n) is 0.684. The third-order valence-electron chi connectivity index (χ3n) is 1.52. The van der Waals surface area contributed by atoms with Gasteiger partial charge in [-0.2, -0.15) is 0 Å². The van der Waals surface area contributed by atoms with Gasteiger partial charge in [-0.1, -0.05) is 0 Å². The van der Waals surface area contributed by atoms with Crippen LogP contribution in [-0.4, -0.2) is 12.8 Å². The van der Waals surface area contributed by atoms with E-state index in [9.17, 15) is 0 Å². The zero-order chi connectivity index (χ0) is 5.28. The van der Waals surface area contributed by atoms with Crippen LogP contribution in [0.25, 0.3) is 0 Å². The minimum Gasteiger partial charge on any atom is -0.297 e. The van der Waals surface area contributed by atoms with Gasteiger partial charge in [-0.15, -0.1) is 0 Å². The minimum absolute atomic E-state index is 0.866. The first-order chi connectivity index (χ1) is 3.34. The third kappa shape index (κ3) is 1.02. The van der Waals surface area contributed by atoms with E-state index in [1.807, 2.05) is 7.05 Å². The van der Waals surface area contributed by atoms with Gasteiger partial charge in [-0.05, 0) is 25.7 Å². The molecular weight excluding hydrogens is 86.1 g/mol. The predicted octanol–water partition coefficient (Wildman–Crippen LogP) is 1.49. The van der Waals surface area contributed by atoms with E-state index in [4.69, 9.17) is 0 Å². The molecule has 1 aliphatic rings.